The Balaban J connectivity index is 1.60. The Kier molecular flexibility index (Phi) is 4.28. The zero-order valence-electron chi connectivity index (χ0n) is 13.6. The molecule has 0 fully saturated rings. The van der Waals surface area contributed by atoms with Gasteiger partial charge in [-0.3, -0.25) is 9.89 Å². The van der Waals surface area contributed by atoms with Crippen LogP contribution in [0.4, 0.5) is 10.1 Å². The summed E-state index contributed by atoms with van der Waals surface area (Å²) in [5, 5.41) is 24.8. The van der Waals surface area contributed by atoms with E-state index < -0.39 is 5.91 Å². The summed E-state index contributed by atoms with van der Waals surface area (Å²) in [7, 11) is 0. The minimum atomic E-state index is -0.653. The number of carbonyl (C=O) groups excluding carboxylic acids is 1. The van der Waals surface area contributed by atoms with E-state index in [0.717, 1.165) is 4.47 Å². The van der Waals surface area contributed by atoms with Gasteiger partial charge >= 0.3 is 5.91 Å². The molecule has 0 spiro atoms. The van der Waals surface area contributed by atoms with Gasteiger partial charge in [0, 0.05) is 15.4 Å². The topological polar surface area (TPSA) is 106 Å². The Morgan fingerprint density at radius 3 is 2.70 bits per heavy atom. The first kappa shape index (κ1) is 17.1. The lowest BCUT2D eigenvalue weighted by Crippen LogP contribution is -1.93. The van der Waals surface area contributed by atoms with Gasteiger partial charge in [0.1, 0.15) is 11.5 Å². The lowest BCUT2D eigenvalue weighted by molar-refractivity contribution is 0.0990. The number of azo groups is 1. The summed E-state index contributed by atoms with van der Waals surface area (Å²) in [6.07, 6.45) is 0. The fourth-order valence-corrected chi connectivity index (χ4v) is 2.95. The number of rotatable bonds is 3. The van der Waals surface area contributed by atoms with Crippen molar-refractivity contribution in [2.24, 2.45) is 10.2 Å². The number of amides is 1. The summed E-state index contributed by atoms with van der Waals surface area (Å²) in [4.78, 5) is 15.0. The average Bonchev–Trinajstić information content (AvgIpc) is 3.25. The van der Waals surface area contributed by atoms with Crippen molar-refractivity contribution in [1.29, 1.82) is 0 Å². The maximum absolute atomic E-state index is 13.0. The van der Waals surface area contributed by atoms with Gasteiger partial charge in [-0.15, -0.1) is 10.2 Å². The van der Waals surface area contributed by atoms with Gasteiger partial charge in [-0.1, -0.05) is 15.9 Å². The van der Waals surface area contributed by atoms with Crippen LogP contribution < -0.4 is 0 Å². The molecule has 0 atom stereocenters. The molecule has 0 aliphatic heterocycles. The van der Waals surface area contributed by atoms with E-state index in [2.05, 4.69) is 41.3 Å². The van der Waals surface area contributed by atoms with Crippen LogP contribution in [-0.2, 0) is 0 Å². The summed E-state index contributed by atoms with van der Waals surface area (Å²) < 4.78 is 13.8. The number of aromatic nitrogens is 3. The molecule has 1 amide bonds. The molecule has 0 radical (unpaired) electrons. The Hall–Kier alpha value is -3.33. The molecular weight excluding hydrogens is 417 g/mol. The average molecular weight is 428 g/mol. The van der Waals surface area contributed by atoms with Gasteiger partial charge in [-0.05, 0) is 48.5 Å². The molecule has 0 bridgehead atoms. The molecule has 0 aliphatic rings. The van der Waals surface area contributed by atoms with Crippen molar-refractivity contribution in [2.45, 2.75) is 0 Å². The van der Waals surface area contributed by atoms with Crippen LogP contribution in [0.1, 0.15) is 10.5 Å². The van der Waals surface area contributed by atoms with Gasteiger partial charge in [0.25, 0.3) is 0 Å². The second-order valence-corrected chi connectivity index (χ2v) is 6.61. The van der Waals surface area contributed by atoms with E-state index in [1.807, 2.05) is 6.07 Å². The molecule has 0 saturated carbocycles. The van der Waals surface area contributed by atoms with Crippen molar-refractivity contribution in [3.63, 3.8) is 0 Å². The third-order valence-corrected chi connectivity index (χ3v) is 4.40. The summed E-state index contributed by atoms with van der Waals surface area (Å²) in [5.74, 6) is -1.19. The minimum absolute atomic E-state index is 0.124. The van der Waals surface area contributed by atoms with Gasteiger partial charge in [0.2, 0.25) is 5.88 Å². The van der Waals surface area contributed by atoms with Gasteiger partial charge in [0.15, 0.2) is 5.69 Å². The summed E-state index contributed by atoms with van der Waals surface area (Å²) in [6, 6.07) is 12.6. The van der Waals surface area contributed by atoms with E-state index in [4.69, 9.17) is 0 Å². The van der Waals surface area contributed by atoms with Crippen molar-refractivity contribution in [3.05, 3.63) is 64.5 Å². The number of benzene rings is 2. The second-order valence-electron chi connectivity index (χ2n) is 5.69. The maximum atomic E-state index is 13.0. The molecule has 7 nitrogen and oxygen atoms in total. The van der Waals surface area contributed by atoms with Crippen LogP contribution in [0.5, 0.6) is 5.88 Å². The van der Waals surface area contributed by atoms with Gasteiger partial charge < -0.3 is 10.1 Å². The number of nitrogens with zero attached hydrogens (tertiary/aromatic N) is 3. The van der Waals surface area contributed by atoms with Crippen LogP contribution in [0.2, 0.25) is 0 Å². The number of carbonyl (C=O) groups is 1. The third kappa shape index (κ3) is 3.36. The zero-order chi connectivity index (χ0) is 19.0. The van der Waals surface area contributed by atoms with E-state index in [0.29, 0.717) is 22.2 Å². The second kappa shape index (κ2) is 6.76. The molecule has 9 heteroatoms. The molecule has 2 heterocycles. The first-order valence-electron chi connectivity index (χ1n) is 7.79. The normalized spacial score (nSPS) is 11.5. The number of aromatic amines is 2. The largest absolute Gasteiger partial charge is 0.493 e. The number of hydrogen-bond donors (Lipinski definition) is 3. The highest BCUT2D eigenvalue weighted by molar-refractivity contribution is 9.10. The van der Waals surface area contributed by atoms with Crippen molar-refractivity contribution in [3.8, 4) is 17.1 Å². The number of fused-ring (bicyclic) bond motifs is 1. The molecule has 2 aromatic heterocycles. The maximum Gasteiger partial charge on any atom is 0.313 e. The lowest BCUT2D eigenvalue weighted by atomic mass is 10.1. The quantitative estimate of drug-likeness (QED) is 0.396. The van der Waals surface area contributed by atoms with Crippen molar-refractivity contribution >= 4 is 38.4 Å². The van der Waals surface area contributed by atoms with Gasteiger partial charge in [-0.2, -0.15) is 5.10 Å². The molecule has 0 aliphatic carbocycles. The number of hydrogen-bond acceptors (Lipinski definition) is 4. The molecule has 4 aromatic rings. The molecule has 134 valence electrons. The predicted molar refractivity (Wildman–Crippen MR) is 100 cm³/mol. The molecule has 27 heavy (non-hydrogen) atoms. The van der Waals surface area contributed by atoms with E-state index in [1.165, 1.54) is 18.2 Å². The van der Waals surface area contributed by atoms with Crippen LogP contribution in [0.3, 0.4) is 0 Å². The van der Waals surface area contributed by atoms with Crippen molar-refractivity contribution in [2.75, 3.05) is 0 Å². The smallest absolute Gasteiger partial charge is 0.313 e. The standard InChI is InChI=1S/C18H11BrFN5O2/c19-10-3-6-13-12(7-10)16(18(27)21-13)24-25-17(26)15-8-14(22-23-15)9-1-4-11(20)5-2-9/h1-8,21,27H,(H,22,23). The number of H-pyrrole nitrogens is 2. The first-order chi connectivity index (χ1) is 13.0. The zero-order valence-corrected chi connectivity index (χ0v) is 15.2. The van der Waals surface area contributed by atoms with E-state index in [1.54, 1.807) is 24.3 Å². The van der Waals surface area contributed by atoms with Crippen molar-refractivity contribution < 1.29 is 14.3 Å². The first-order valence-corrected chi connectivity index (χ1v) is 8.58. The van der Waals surface area contributed by atoms with E-state index >= 15 is 0 Å². The van der Waals surface area contributed by atoms with Crippen LogP contribution in [-0.4, -0.2) is 26.2 Å². The molecule has 0 saturated heterocycles. The van der Waals surface area contributed by atoms with Gasteiger partial charge in [-0.25, -0.2) is 4.39 Å². The van der Waals surface area contributed by atoms with Crippen molar-refractivity contribution in [1.82, 2.24) is 15.2 Å². The fourth-order valence-electron chi connectivity index (χ4n) is 2.59. The summed E-state index contributed by atoms with van der Waals surface area (Å²) >= 11 is 3.35. The Labute approximate surface area is 160 Å². The Bertz CT molecular complexity index is 1180. The number of aromatic hydroxyl groups is 1. The number of halogens is 2. The van der Waals surface area contributed by atoms with Crippen LogP contribution >= 0.6 is 15.9 Å². The van der Waals surface area contributed by atoms with Crippen LogP contribution in [0.25, 0.3) is 22.2 Å². The summed E-state index contributed by atoms with van der Waals surface area (Å²) in [5.41, 5.74) is 2.09. The highest BCUT2D eigenvalue weighted by Crippen LogP contribution is 2.36. The lowest BCUT2D eigenvalue weighted by Gasteiger charge is -1.94. The Morgan fingerprint density at radius 1 is 1.15 bits per heavy atom. The van der Waals surface area contributed by atoms with Crippen LogP contribution in [0, 0.1) is 5.82 Å². The summed E-state index contributed by atoms with van der Waals surface area (Å²) in [6.45, 7) is 0. The van der Waals surface area contributed by atoms with E-state index in [-0.39, 0.29) is 23.1 Å². The number of nitrogens with one attached hydrogen (secondary N) is 2. The highest BCUT2D eigenvalue weighted by Gasteiger charge is 2.14. The SMILES string of the molecule is O=C(N=Nc1c(O)[nH]c2ccc(Br)cc12)c1cc(-c2ccc(F)cc2)n[nH]1. The predicted octanol–water partition coefficient (Wildman–Crippen LogP) is 5.09. The molecule has 2 aromatic carbocycles. The molecule has 4 rings (SSSR count). The fraction of sp³-hybridized carbons (Fsp3) is 0. The third-order valence-electron chi connectivity index (χ3n) is 3.90. The molecule has 3 N–H and O–H groups in total. The monoisotopic (exact) mass is 427 g/mol. The molecule has 0 unspecified atom stereocenters. The highest BCUT2D eigenvalue weighted by atomic mass is 79.9. The molecular formula is C18H11BrFN5O2. The van der Waals surface area contributed by atoms with Crippen LogP contribution in [0.15, 0.2) is 63.2 Å². The van der Waals surface area contributed by atoms with Gasteiger partial charge in [0.05, 0.1) is 11.2 Å². The minimum Gasteiger partial charge on any atom is -0.493 e. The van der Waals surface area contributed by atoms with E-state index in [9.17, 15) is 14.3 Å². The Morgan fingerprint density at radius 2 is 1.93 bits per heavy atom.